The van der Waals surface area contributed by atoms with Crippen LogP contribution in [0.3, 0.4) is 0 Å². The van der Waals surface area contributed by atoms with Crippen LogP contribution < -0.4 is 5.76 Å². The van der Waals surface area contributed by atoms with Crippen LogP contribution in [0.25, 0.3) is 11.1 Å². The topological polar surface area (TPSA) is 52.2 Å². The second-order valence-corrected chi connectivity index (χ2v) is 5.72. The van der Waals surface area contributed by atoms with Crippen molar-refractivity contribution in [1.82, 2.24) is 4.57 Å². The van der Waals surface area contributed by atoms with Gasteiger partial charge in [0.2, 0.25) is 0 Å². The normalized spacial score (nSPS) is 11.0. The van der Waals surface area contributed by atoms with Crippen LogP contribution in [0.5, 0.6) is 0 Å². The lowest BCUT2D eigenvalue weighted by molar-refractivity contribution is 0.103. The summed E-state index contributed by atoms with van der Waals surface area (Å²) in [6.07, 6.45) is 0. The van der Waals surface area contributed by atoms with Crippen LogP contribution in [0.1, 0.15) is 15.9 Å². The number of hydrogen-bond donors (Lipinski definition) is 0. The number of hydrogen-bond acceptors (Lipinski definition) is 3. The van der Waals surface area contributed by atoms with Crippen LogP contribution in [0, 0.1) is 9.39 Å². The highest BCUT2D eigenvalue weighted by atomic mass is 127. The number of fused-ring (bicyclic) bond motifs is 1. The molecule has 21 heavy (non-hydrogen) atoms. The van der Waals surface area contributed by atoms with E-state index in [0.29, 0.717) is 25.8 Å². The fraction of sp³-hybridized carbons (Fsp3) is 0.0667. The van der Waals surface area contributed by atoms with Crippen molar-refractivity contribution in [3.63, 3.8) is 0 Å². The standard InChI is InChI=1S/C15H9FINO3/c1-18-12-5-2-8(6-13(12)21-15(18)20)14(19)10-4-3-9(16)7-11(10)17/h2-7H,1H3. The number of aryl methyl sites for hydroxylation is 1. The molecule has 0 bridgehead atoms. The van der Waals surface area contributed by atoms with Gasteiger partial charge in [-0.3, -0.25) is 9.36 Å². The Morgan fingerprint density at radius 3 is 2.71 bits per heavy atom. The molecule has 3 aromatic rings. The molecule has 4 nitrogen and oxygen atoms in total. The zero-order valence-electron chi connectivity index (χ0n) is 10.9. The molecule has 106 valence electrons. The highest BCUT2D eigenvalue weighted by Crippen LogP contribution is 2.21. The first-order valence-corrected chi connectivity index (χ1v) is 7.14. The summed E-state index contributed by atoms with van der Waals surface area (Å²) in [6, 6.07) is 8.80. The fourth-order valence-corrected chi connectivity index (χ4v) is 2.83. The Kier molecular flexibility index (Phi) is 3.40. The summed E-state index contributed by atoms with van der Waals surface area (Å²) in [5, 5.41) is 0. The van der Waals surface area contributed by atoms with E-state index in [2.05, 4.69) is 0 Å². The van der Waals surface area contributed by atoms with E-state index < -0.39 is 5.76 Å². The summed E-state index contributed by atoms with van der Waals surface area (Å²) < 4.78 is 20.1. The Morgan fingerprint density at radius 1 is 1.24 bits per heavy atom. The van der Waals surface area contributed by atoms with E-state index in [1.54, 1.807) is 19.2 Å². The van der Waals surface area contributed by atoms with E-state index in [9.17, 15) is 14.0 Å². The average Bonchev–Trinajstić information content (AvgIpc) is 2.73. The Balaban J connectivity index is 2.11. The number of rotatable bonds is 2. The monoisotopic (exact) mass is 397 g/mol. The van der Waals surface area contributed by atoms with Gasteiger partial charge >= 0.3 is 5.76 Å². The quantitative estimate of drug-likeness (QED) is 0.494. The van der Waals surface area contributed by atoms with Gasteiger partial charge in [-0.1, -0.05) is 0 Å². The Labute approximate surface area is 132 Å². The molecule has 0 aliphatic rings. The molecular formula is C15H9FINO3. The lowest BCUT2D eigenvalue weighted by atomic mass is 10.0. The summed E-state index contributed by atoms with van der Waals surface area (Å²) in [4.78, 5) is 23.9. The molecule has 0 fully saturated rings. The molecule has 0 N–H and O–H groups in total. The molecule has 0 unspecified atom stereocenters. The minimum atomic E-state index is -0.481. The van der Waals surface area contributed by atoms with Gasteiger partial charge in [-0.15, -0.1) is 0 Å². The van der Waals surface area contributed by atoms with Crippen molar-refractivity contribution < 1.29 is 13.6 Å². The van der Waals surface area contributed by atoms with Crippen LogP contribution in [-0.2, 0) is 7.05 Å². The summed E-state index contributed by atoms with van der Waals surface area (Å²) in [5.41, 5.74) is 1.77. The van der Waals surface area contributed by atoms with Gasteiger partial charge in [0, 0.05) is 21.7 Å². The third-order valence-electron chi connectivity index (χ3n) is 3.23. The molecule has 2 aromatic carbocycles. The SMILES string of the molecule is Cn1c(=O)oc2cc(C(=O)c3ccc(F)cc3I)ccc21. The van der Waals surface area contributed by atoms with Gasteiger partial charge in [0.25, 0.3) is 0 Å². The van der Waals surface area contributed by atoms with Crippen LogP contribution in [-0.4, -0.2) is 10.4 Å². The second kappa shape index (κ2) is 5.10. The van der Waals surface area contributed by atoms with Gasteiger partial charge in [-0.25, -0.2) is 9.18 Å². The highest BCUT2D eigenvalue weighted by Gasteiger charge is 2.15. The lowest BCUT2D eigenvalue weighted by Gasteiger charge is -2.04. The second-order valence-electron chi connectivity index (χ2n) is 4.56. The minimum absolute atomic E-state index is 0.243. The number of aromatic nitrogens is 1. The Hall–Kier alpha value is -1.96. The van der Waals surface area contributed by atoms with E-state index in [4.69, 9.17) is 4.42 Å². The highest BCUT2D eigenvalue weighted by molar-refractivity contribution is 14.1. The smallest absolute Gasteiger partial charge is 0.408 e. The maximum atomic E-state index is 13.1. The van der Waals surface area contributed by atoms with Crippen molar-refractivity contribution in [1.29, 1.82) is 0 Å². The zero-order chi connectivity index (χ0) is 15.1. The molecule has 0 radical (unpaired) electrons. The van der Waals surface area contributed by atoms with Crippen molar-refractivity contribution in [2.45, 2.75) is 0 Å². The molecule has 0 amide bonds. The van der Waals surface area contributed by atoms with Crippen molar-refractivity contribution >= 4 is 39.5 Å². The number of carbonyl (C=O) groups excluding carboxylic acids is 1. The largest absolute Gasteiger partial charge is 0.419 e. The van der Waals surface area contributed by atoms with E-state index >= 15 is 0 Å². The zero-order valence-corrected chi connectivity index (χ0v) is 13.0. The van der Waals surface area contributed by atoms with Gasteiger partial charge in [0.1, 0.15) is 5.82 Å². The number of halogens is 2. The summed E-state index contributed by atoms with van der Waals surface area (Å²) in [5.74, 6) is -1.11. The third-order valence-corrected chi connectivity index (χ3v) is 4.12. The number of oxazole rings is 1. The van der Waals surface area contributed by atoms with Gasteiger partial charge in [0.05, 0.1) is 5.52 Å². The summed E-state index contributed by atoms with van der Waals surface area (Å²) in [6.45, 7) is 0. The van der Waals surface area contributed by atoms with E-state index in [1.807, 2.05) is 22.6 Å². The van der Waals surface area contributed by atoms with Crippen molar-refractivity contribution in [2.24, 2.45) is 7.05 Å². The molecule has 0 aliphatic heterocycles. The molecule has 1 heterocycles. The summed E-state index contributed by atoms with van der Waals surface area (Å²) >= 11 is 1.92. The minimum Gasteiger partial charge on any atom is -0.408 e. The Morgan fingerprint density at radius 2 is 2.00 bits per heavy atom. The van der Waals surface area contributed by atoms with Gasteiger partial charge in [-0.05, 0) is 59.0 Å². The first kappa shape index (κ1) is 14.0. The molecule has 0 saturated carbocycles. The predicted molar refractivity (Wildman–Crippen MR) is 84.0 cm³/mol. The van der Waals surface area contributed by atoms with Crippen molar-refractivity contribution in [2.75, 3.05) is 0 Å². The van der Waals surface area contributed by atoms with Crippen LogP contribution in [0.4, 0.5) is 4.39 Å². The van der Waals surface area contributed by atoms with Crippen LogP contribution in [0.2, 0.25) is 0 Å². The Bertz CT molecular complexity index is 926. The van der Waals surface area contributed by atoms with Gasteiger partial charge < -0.3 is 4.42 Å². The molecule has 0 spiro atoms. The van der Waals surface area contributed by atoms with Crippen molar-refractivity contribution in [3.05, 3.63) is 67.5 Å². The van der Waals surface area contributed by atoms with Crippen LogP contribution >= 0.6 is 22.6 Å². The molecule has 3 rings (SSSR count). The van der Waals surface area contributed by atoms with Crippen LogP contribution in [0.15, 0.2) is 45.6 Å². The van der Waals surface area contributed by atoms with E-state index in [-0.39, 0.29) is 11.6 Å². The van der Waals surface area contributed by atoms with E-state index in [0.717, 1.165) is 0 Å². The number of nitrogens with zero attached hydrogens (tertiary/aromatic N) is 1. The van der Waals surface area contributed by atoms with Gasteiger partial charge in [-0.2, -0.15) is 0 Å². The van der Waals surface area contributed by atoms with Crippen molar-refractivity contribution in [3.8, 4) is 0 Å². The third kappa shape index (κ3) is 2.39. The lowest BCUT2D eigenvalue weighted by Crippen LogP contribution is -2.08. The maximum absolute atomic E-state index is 13.1. The summed E-state index contributed by atoms with van der Waals surface area (Å²) in [7, 11) is 1.60. The molecular weight excluding hydrogens is 388 g/mol. The molecule has 0 atom stereocenters. The molecule has 6 heteroatoms. The first-order valence-electron chi connectivity index (χ1n) is 6.06. The van der Waals surface area contributed by atoms with Gasteiger partial charge in [0.15, 0.2) is 11.4 Å². The average molecular weight is 397 g/mol. The molecule has 0 aliphatic carbocycles. The number of ketones is 1. The first-order chi connectivity index (χ1) is 9.97. The molecule has 1 aromatic heterocycles. The fourth-order valence-electron chi connectivity index (χ4n) is 2.10. The van der Waals surface area contributed by atoms with E-state index in [1.165, 1.54) is 28.8 Å². The molecule has 0 saturated heterocycles. The number of benzene rings is 2. The number of carbonyl (C=O) groups is 1. The maximum Gasteiger partial charge on any atom is 0.419 e. The predicted octanol–water partition coefficient (Wildman–Crippen LogP) is 3.11.